The van der Waals surface area contributed by atoms with Gasteiger partial charge in [0.2, 0.25) is 0 Å². The fraction of sp³-hybridized carbons (Fsp3) is 0.286. The molecule has 0 spiro atoms. The third-order valence-electron chi connectivity index (χ3n) is 1.34. The Labute approximate surface area is 65.4 Å². The third-order valence-corrected chi connectivity index (χ3v) is 1.87. The monoisotopic (exact) mass is 154 g/mol. The fourth-order valence-electron chi connectivity index (χ4n) is 0.789. The summed E-state index contributed by atoms with van der Waals surface area (Å²) in [4.78, 5) is 0. The van der Waals surface area contributed by atoms with E-state index in [-0.39, 0.29) is 0 Å². The van der Waals surface area contributed by atoms with Crippen LogP contribution in [-0.2, 0) is 13.6 Å². The smallest absolute Gasteiger partial charge is 0.179 e. The van der Waals surface area contributed by atoms with Gasteiger partial charge in [-0.2, -0.15) is 0 Å². The molecule has 0 aliphatic rings. The Balaban J connectivity index is 3.05. The molecule has 0 aliphatic heterocycles. The molecule has 0 atom stereocenters. The van der Waals surface area contributed by atoms with Gasteiger partial charge in [-0.15, -0.1) is 6.58 Å². The van der Waals surface area contributed by atoms with E-state index >= 15 is 0 Å². The van der Waals surface area contributed by atoms with E-state index < -0.39 is 0 Å². The molecule has 0 amide bonds. The van der Waals surface area contributed by atoms with Gasteiger partial charge in [-0.1, -0.05) is 6.08 Å². The minimum Gasteiger partial charge on any atom is -0.327 e. The van der Waals surface area contributed by atoms with Crippen molar-refractivity contribution in [3.63, 3.8) is 0 Å². The molecule has 0 aromatic carbocycles. The Morgan fingerprint density at radius 1 is 1.70 bits per heavy atom. The van der Waals surface area contributed by atoms with Crippen molar-refractivity contribution in [2.45, 2.75) is 6.54 Å². The maximum Gasteiger partial charge on any atom is 0.179 e. The van der Waals surface area contributed by atoms with Crippen LogP contribution in [0.5, 0.6) is 0 Å². The second-order valence-corrected chi connectivity index (χ2v) is 2.50. The molecule has 1 aromatic rings. The van der Waals surface area contributed by atoms with Gasteiger partial charge in [0.1, 0.15) is 0 Å². The van der Waals surface area contributed by atoms with Crippen molar-refractivity contribution >= 4 is 12.2 Å². The van der Waals surface area contributed by atoms with Gasteiger partial charge < -0.3 is 9.13 Å². The maximum atomic E-state index is 5.07. The molecule has 0 aliphatic carbocycles. The summed E-state index contributed by atoms with van der Waals surface area (Å²) in [5, 5.41) is 0. The van der Waals surface area contributed by atoms with Crippen molar-refractivity contribution < 1.29 is 0 Å². The second kappa shape index (κ2) is 2.84. The summed E-state index contributed by atoms with van der Waals surface area (Å²) in [6, 6.07) is 0. The minimum atomic E-state index is 0.791. The molecule has 3 heteroatoms. The van der Waals surface area contributed by atoms with Gasteiger partial charge in [0, 0.05) is 26.0 Å². The van der Waals surface area contributed by atoms with Gasteiger partial charge in [-0.05, 0) is 12.2 Å². The SMILES string of the molecule is C=CCn1ccn(C)c1=S. The molecule has 0 unspecified atom stereocenters. The first-order chi connectivity index (χ1) is 4.75. The molecule has 1 heterocycles. The molecule has 0 fully saturated rings. The minimum absolute atomic E-state index is 0.791. The normalized spacial score (nSPS) is 9.70. The van der Waals surface area contributed by atoms with Crippen LogP contribution in [-0.4, -0.2) is 9.13 Å². The highest BCUT2D eigenvalue weighted by molar-refractivity contribution is 7.71. The van der Waals surface area contributed by atoms with Crippen LogP contribution in [0.4, 0.5) is 0 Å². The standard InChI is InChI=1S/C7H10N2S/c1-3-4-9-6-5-8(2)7(9)10/h3,5-6H,1,4H2,2H3. The van der Waals surface area contributed by atoms with E-state index in [4.69, 9.17) is 12.2 Å². The first-order valence-corrected chi connectivity index (χ1v) is 3.49. The average Bonchev–Trinajstić information content (AvgIpc) is 2.20. The second-order valence-electron chi connectivity index (χ2n) is 2.13. The molecule has 0 saturated heterocycles. The van der Waals surface area contributed by atoms with Crippen LogP contribution in [0, 0.1) is 4.77 Å². The molecular weight excluding hydrogens is 144 g/mol. The summed E-state index contributed by atoms with van der Waals surface area (Å²) >= 11 is 5.07. The van der Waals surface area contributed by atoms with E-state index in [1.807, 2.05) is 34.7 Å². The van der Waals surface area contributed by atoms with Crippen LogP contribution in [0.15, 0.2) is 25.0 Å². The number of aromatic nitrogens is 2. The van der Waals surface area contributed by atoms with Crippen LogP contribution in [0.2, 0.25) is 0 Å². The van der Waals surface area contributed by atoms with E-state index in [2.05, 4.69) is 6.58 Å². The van der Waals surface area contributed by atoms with Gasteiger partial charge in [-0.25, -0.2) is 0 Å². The lowest BCUT2D eigenvalue weighted by Crippen LogP contribution is -1.94. The number of allylic oxidation sites excluding steroid dienone is 1. The zero-order valence-electron chi connectivity index (χ0n) is 5.95. The Hall–Kier alpha value is -0.830. The van der Waals surface area contributed by atoms with Crippen molar-refractivity contribution in [1.29, 1.82) is 0 Å². The number of nitrogens with zero attached hydrogens (tertiary/aromatic N) is 2. The Bertz CT molecular complexity index is 282. The van der Waals surface area contributed by atoms with Crippen LogP contribution < -0.4 is 0 Å². The topological polar surface area (TPSA) is 9.86 Å². The average molecular weight is 154 g/mol. The summed E-state index contributed by atoms with van der Waals surface area (Å²) in [7, 11) is 1.93. The highest BCUT2D eigenvalue weighted by Gasteiger charge is 1.90. The highest BCUT2D eigenvalue weighted by Crippen LogP contribution is 1.93. The first-order valence-electron chi connectivity index (χ1n) is 3.08. The van der Waals surface area contributed by atoms with E-state index in [0.29, 0.717) is 0 Å². The summed E-state index contributed by atoms with van der Waals surface area (Å²) in [6.45, 7) is 4.42. The zero-order chi connectivity index (χ0) is 7.56. The van der Waals surface area contributed by atoms with Gasteiger partial charge in [0.15, 0.2) is 4.77 Å². The molecule has 2 nitrogen and oxygen atoms in total. The summed E-state index contributed by atoms with van der Waals surface area (Å²) in [5.41, 5.74) is 0. The van der Waals surface area contributed by atoms with Crippen LogP contribution in [0.3, 0.4) is 0 Å². The van der Waals surface area contributed by atoms with Crippen molar-refractivity contribution in [3.05, 3.63) is 29.8 Å². The largest absolute Gasteiger partial charge is 0.327 e. The zero-order valence-corrected chi connectivity index (χ0v) is 6.77. The highest BCUT2D eigenvalue weighted by atomic mass is 32.1. The number of imidazole rings is 1. The van der Waals surface area contributed by atoms with Crippen LogP contribution in [0.1, 0.15) is 0 Å². The van der Waals surface area contributed by atoms with Crippen molar-refractivity contribution in [1.82, 2.24) is 9.13 Å². The van der Waals surface area contributed by atoms with Crippen molar-refractivity contribution in [3.8, 4) is 0 Å². The lowest BCUT2D eigenvalue weighted by atomic mass is 10.6. The predicted octanol–water partition coefficient (Wildman–Crippen LogP) is 1.74. The molecule has 0 saturated carbocycles. The van der Waals surface area contributed by atoms with Gasteiger partial charge in [0.05, 0.1) is 0 Å². The van der Waals surface area contributed by atoms with Gasteiger partial charge >= 0.3 is 0 Å². The predicted molar refractivity (Wildman–Crippen MR) is 44.4 cm³/mol. The molecule has 54 valence electrons. The Morgan fingerprint density at radius 2 is 2.40 bits per heavy atom. The molecule has 0 bridgehead atoms. The Kier molecular flexibility index (Phi) is 2.06. The lowest BCUT2D eigenvalue weighted by molar-refractivity contribution is 0.763. The molecule has 10 heavy (non-hydrogen) atoms. The molecule has 0 N–H and O–H groups in total. The van der Waals surface area contributed by atoms with Crippen molar-refractivity contribution in [2.24, 2.45) is 7.05 Å². The Morgan fingerprint density at radius 3 is 2.80 bits per heavy atom. The maximum absolute atomic E-state index is 5.07. The fourth-order valence-corrected chi connectivity index (χ4v) is 0.985. The molecule has 0 radical (unpaired) electrons. The van der Waals surface area contributed by atoms with Gasteiger partial charge in [-0.3, -0.25) is 0 Å². The number of hydrogen-bond donors (Lipinski definition) is 0. The molecular formula is C7H10N2S. The van der Waals surface area contributed by atoms with Crippen molar-refractivity contribution in [2.75, 3.05) is 0 Å². The summed E-state index contributed by atoms with van der Waals surface area (Å²) in [5.74, 6) is 0. The number of aryl methyl sites for hydroxylation is 1. The number of rotatable bonds is 2. The third kappa shape index (κ3) is 1.19. The van der Waals surface area contributed by atoms with E-state index in [0.717, 1.165) is 11.3 Å². The summed E-state index contributed by atoms with van der Waals surface area (Å²) in [6.07, 6.45) is 5.71. The van der Waals surface area contributed by atoms with Crippen LogP contribution in [0.25, 0.3) is 0 Å². The quantitative estimate of drug-likeness (QED) is 0.466. The van der Waals surface area contributed by atoms with E-state index in [1.165, 1.54) is 0 Å². The van der Waals surface area contributed by atoms with Crippen LogP contribution >= 0.6 is 12.2 Å². The lowest BCUT2D eigenvalue weighted by Gasteiger charge is -1.94. The molecule has 1 aromatic heterocycles. The van der Waals surface area contributed by atoms with Gasteiger partial charge in [0.25, 0.3) is 0 Å². The first kappa shape index (κ1) is 7.28. The van der Waals surface area contributed by atoms with E-state index in [1.54, 1.807) is 0 Å². The summed E-state index contributed by atoms with van der Waals surface area (Å²) < 4.78 is 4.70. The number of hydrogen-bond acceptors (Lipinski definition) is 1. The van der Waals surface area contributed by atoms with E-state index in [9.17, 15) is 0 Å². The molecule has 1 rings (SSSR count).